The van der Waals surface area contributed by atoms with E-state index >= 15 is 0 Å². The Labute approximate surface area is 145 Å². The molecule has 0 radical (unpaired) electrons. The molecule has 0 spiro atoms. The van der Waals surface area contributed by atoms with Gasteiger partial charge in [-0.2, -0.15) is 0 Å². The molecule has 0 saturated carbocycles. The Kier molecular flexibility index (Phi) is 4.07. The highest BCUT2D eigenvalue weighted by molar-refractivity contribution is 6.13. The number of aromatic nitrogens is 1. The third-order valence-corrected chi connectivity index (χ3v) is 5.00. The van der Waals surface area contributed by atoms with Crippen molar-refractivity contribution in [2.24, 2.45) is 0 Å². The first-order chi connectivity index (χ1) is 12.2. The van der Waals surface area contributed by atoms with Crippen molar-refractivity contribution in [2.45, 2.75) is 0 Å². The molecule has 1 aromatic heterocycles. The number of piperazine rings is 1. The topological polar surface area (TPSA) is 68.9 Å². The number of hydrogen-bond acceptors (Lipinski definition) is 4. The summed E-state index contributed by atoms with van der Waals surface area (Å²) in [6.07, 6.45) is -0.962. The molecule has 6 heteroatoms. The summed E-state index contributed by atoms with van der Waals surface area (Å²) < 4.78 is 1.35. The van der Waals surface area contributed by atoms with Crippen LogP contribution in [-0.4, -0.2) is 65.1 Å². The van der Waals surface area contributed by atoms with E-state index in [-0.39, 0.29) is 6.61 Å². The van der Waals surface area contributed by atoms with Gasteiger partial charge < -0.3 is 15.1 Å². The second-order valence-electron chi connectivity index (χ2n) is 6.39. The van der Waals surface area contributed by atoms with Crippen molar-refractivity contribution >= 4 is 33.6 Å². The van der Waals surface area contributed by atoms with Gasteiger partial charge in [-0.1, -0.05) is 18.2 Å². The van der Waals surface area contributed by atoms with Gasteiger partial charge in [0.15, 0.2) is 0 Å². The van der Waals surface area contributed by atoms with E-state index in [9.17, 15) is 9.90 Å². The molecule has 2 heterocycles. The molecular weight excluding hydrogens is 318 g/mol. The number of anilines is 1. The molecule has 0 atom stereocenters. The Morgan fingerprint density at radius 3 is 2.40 bits per heavy atom. The van der Waals surface area contributed by atoms with Crippen LogP contribution in [0.4, 0.5) is 10.5 Å². The molecule has 2 N–H and O–H groups in total. The van der Waals surface area contributed by atoms with Crippen LogP contribution in [0, 0.1) is 0 Å². The van der Waals surface area contributed by atoms with Crippen LogP contribution in [0.3, 0.4) is 0 Å². The van der Waals surface area contributed by atoms with Gasteiger partial charge in [0.25, 0.3) is 0 Å². The normalized spacial score (nSPS) is 16.0. The number of β-amino-alcohol motifs (C(OH)–C–C–N with tert-alkyl or cyclic N) is 1. The second-order valence-corrected chi connectivity index (χ2v) is 6.39. The first-order valence-electron chi connectivity index (χ1n) is 8.53. The standard InChI is InChI=1S/C19H21N3O3/c23-12-11-20-7-9-21(10-8-20)14-5-6-18-16(13-14)15-3-1-2-4-17(15)22(18)19(24)25/h1-6,13,23H,7-12H2,(H,24,25). The van der Waals surface area contributed by atoms with E-state index < -0.39 is 6.09 Å². The molecule has 1 aliphatic heterocycles. The Hall–Kier alpha value is -2.57. The van der Waals surface area contributed by atoms with E-state index in [0.29, 0.717) is 0 Å². The minimum atomic E-state index is -0.962. The molecule has 1 fully saturated rings. The molecule has 4 rings (SSSR count). The molecule has 0 unspecified atom stereocenters. The summed E-state index contributed by atoms with van der Waals surface area (Å²) >= 11 is 0. The van der Waals surface area contributed by atoms with Crippen LogP contribution in [0.1, 0.15) is 0 Å². The van der Waals surface area contributed by atoms with Crippen LogP contribution >= 0.6 is 0 Å². The van der Waals surface area contributed by atoms with Crippen LogP contribution in [0.5, 0.6) is 0 Å². The molecule has 2 aromatic carbocycles. The number of fused-ring (bicyclic) bond motifs is 3. The van der Waals surface area contributed by atoms with E-state index in [1.165, 1.54) is 4.57 Å². The average Bonchev–Trinajstić information content (AvgIpc) is 2.96. The van der Waals surface area contributed by atoms with E-state index in [2.05, 4.69) is 15.9 Å². The predicted octanol–water partition coefficient (Wildman–Crippen LogP) is 2.43. The minimum Gasteiger partial charge on any atom is -0.464 e. The maximum absolute atomic E-state index is 11.7. The highest BCUT2D eigenvalue weighted by Crippen LogP contribution is 2.32. The van der Waals surface area contributed by atoms with Gasteiger partial charge in [0.05, 0.1) is 17.6 Å². The third-order valence-electron chi connectivity index (χ3n) is 5.00. The molecule has 1 aliphatic rings. The fourth-order valence-corrected chi connectivity index (χ4v) is 3.73. The van der Waals surface area contributed by atoms with Crippen LogP contribution in [0.2, 0.25) is 0 Å². The van der Waals surface area contributed by atoms with Gasteiger partial charge in [-0.25, -0.2) is 9.36 Å². The molecule has 25 heavy (non-hydrogen) atoms. The Morgan fingerprint density at radius 1 is 0.960 bits per heavy atom. The molecular formula is C19H21N3O3. The van der Waals surface area contributed by atoms with Crippen LogP contribution in [-0.2, 0) is 0 Å². The zero-order valence-corrected chi connectivity index (χ0v) is 13.9. The van der Waals surface area contributed by atoms with Gasteiger partial charge in [0, 0.05) is 49.2 Å². The summed E-state index contributed by atoms with van der Waals surface area (Å²) in [6, 6.07) is 13.6. The number of hydrogen-bond donors (Lipinski definition) is 2. The number of aliphatic hydroxyl groups is 1. The molecule has 1 saturated heterocycles. The lowest BCUT2D eigenvalue weighted by atomic mass is 10.1. The molecule has 6 nitrogen and oxygen atoms in total. The largest absolute Gasteiger partial charge is 0.464 e. The number of aliphatic hydroxyl groups excluding tert-OH is 1. The van der Waals surface area contributed by atoms with Crippen LogP contribution in [0.25, 0.3) is 21.8 Å². The lowest BCUT2D eigenvalue weighted by Crippen LogP contribution is -2.47. The summed E-state index contributed by atoms with van der Waals surface area (Å²) in [5.41, 5.74) is 2.55. The Bertz CT molecular complexity index is 926. The smallest absolute Gasteiger partial charge is 0.416 e. The van der Waals surface area contributed by atoms with Crippen molar-refractivity contribution in [2.75, 3.05) is 44.2 Å². The number of rotatable bonds is 3. The van der Waals surface area contributed by atoms with Crippen LogP contribution in [0.15, 0.2) is 42.5 Å². The number of para-hydroxylation sites is 1. The van der Waals surface area contributed by atoms with Gasteiger partial charge in [-0.15, -0.1) is 0 Å². The highest BCUT2D eigenvalue weighted by atomic mass is 16.4. The summed E-state index contributed by atoms with van der Waals surface area (Å²) in [7, 11) is 0. The zero-order chi connectivity index (χ0) is 17.4. The Morgan fingerprint density at radius 2 is 1.68 bits per heavy atom. The highest BCUT2D eigenvalue weighted by Gasteiger charge is 2.19. The van der Waals surface area contributed by atoms with Gasteiger partial charge in [0.2, 0.25) is 0 Å². The summed E-state index contributed by atoms with van der Waals surface area (Å²) in [4.78, 5) is 16.3. The first kappa shape index (κ1) is 15.9. The molecule has 3 aromatic rings. The van der Waals surface area contributed by atoms with Gasteiger partial charge in [-0.3, -0.25) is 4.90 Å². The van der Waals surface area contributed by atoms with Gasteiger partial charge in [0.1, 0.15) is 0 Å². The summed E-state index contributed by atoms with van der Waals surface area (Å²) in [6.45, 7) is 4.58. The molecule has 130 valence electrons. The van der Waals surface area contributed by atoms with E-state index in [4.69, 9.17) is 5.11 Å². The monoisotopic (exact) mass is 339 g/mol. The maximum atomic E-state index is 11.7. The number of benzene rings is 2. The van der Waals surface area contributed by atoms with Gasteiger partial charge in [-0.05, 0) is 24.3 Å². The first-order valence-corrected chi connectivity index (χ1v) is 8.53. The second kappa shape index (κ2) is 6.38. The van der Waals surface area contributed by atoms with E-state index in [1.807, 2.05) is 36.4 Å². The SMILES string of the molecule is O=C(O)n1c2ccccc2c2cc(N3CCN(CCO)CC3)ccc21. The summed E-state index contributed by atoms with van der Waals surface area (Å²) in [5.74, 6) is 0. The van der Waals surface area contributed by atoms with E-state index in [1.54, 1.807) is 0 Å². The zero-order valence-electron chi connectivity index (χ0n) is 13.9. The third kappa shape index (κ3) is 2.73. The average molecular weight is 339 g/mol. The lowest BCUT2D eigenvalue weighted by Gasteiger charge is -2.35. The van der Waals surface area contributed by atoms with Crippen molar-refractivity contribution in [1.29, 1.82) is 0 Å². The van der Waals surface area contributed by atoms with Crippen LogP contribution < -0.4 is 4.90 Å². The predicted molar refractivity (Wildman–Crippen MR) is 98.6 cm³/mol. The molecule has 0 bridgehead atoms. The number of carboxylic acid groups (broad SMARTS) is 1. The quantitative estimate of drug-likeness (QED) is 0.767. The van der Waals surface area contributed by atoms with E-state index in [0.717, 1.165) is 60.2 Å². The van der Waals surface area contributed by atoms with Gasteiger partial charge >= 0.3 is 6.09 Å². The maximum Gasteiger partial charge on any atom is 0.416 e. The summed E-state index contributed by atoms with van der Waals surface area (Å²) in [5, 5.41) is 20.6. The number of nitrogens with zero attached hydrogens (tertiary/aromatic N) is 3. The number of carbonyl (C=O) groups is 1. The van der Waals surface area contributed by atoms with Crippen molar-refractivity contribution in [1.82, 2.24) is 9.47 Å². The van der Waals surface area contributed by atoms with Crippen molar-refractivity contribution in [3.8, 4) is 0 Å². The van der Waals surface area contributed by atoms with Crippen molar-refractivity contribution in [3.05, 3.63) is 42.5 Å². The molecule has 0 amide bonds. The van der Waals surface area contributed by atoms with Crippen molar-refractivity contribution < 1.29 is 15.0 Å². The minimum absolute atomic E-state index is 0.195. The fourth-order valence-electron chi connectivity index (χ4n) is 3.73. The Balaban J connectivity index is 1.74. The lowest BCUT2D eigenvalue weighted by molar-refractivity contribution is 0.189. The van der Waals surface area contributed by atoms with Crippen molar-refractivity contribution in [3.63, 3.8) is 0 Å². The fraction of sp³-hybridized carbons (Fsp3) is 0.316. The molecule has 0 aliphatic carbocycles.